The Balaban J connectivity index is 0.00000306. The van der Waals surface area contributed by atoms with Crippen LogP contribution in [0, 0.1) is 0 Å². The van der Waals surface area contributed by atoms with Gasteiger partial charge in [-0.1, -0.05) is 11.6 Å². The Hall–Kier alpha value is -3.57. The summed E-state index contributed by atoms with van der Waals surface area (Å²) >= 11 is 5.59. The molecule has 0 saturated heterocycles. The third kappa shape index (κ3) is 5.10. The first-order valence-corrected chi connectivity index (χ1v) is 9.55. The Bertz CT molecular complexity index is 1290. The van der Waals surface area contributed by atoms with Crippen LogP contribution in [0.4, 0.5) is 35.2 Å². The van der Waals surface area contributed by atoms with Gasteiger partial charge in [-0.15, -0.1) is 12.4 Å². The van der Waals surface area contributed by atoms with Crippen molar-refractivity contribution in [2.75, 3.05) is 23.0 Å². The summed E-state index contributed by atoms with van der Waals surface area (Å²) < 4.78 is 40.7. The molecule has 0 aliphatic carbocycles. The molecule has 0 atom stereocenters. The van der Waals surface area contributed by atoms with Crippen LogP contribution >= 0.6 is 24.0 Å². The van der Waals surface area contributed by atoms with Crippen LogP contribution in [-0.2, 0) is 6.18 Å². The number of hydrogen-bond donors (Lipinski definition) is 3. The van der Waals surface area contributed by atoms with E-state index in [4.69, 9.17) is 11.6 Å². The van der Waals surface area contributed by atoms with Crippen LogP contribution in [0.1, 0.15) is 5.56 Å². The van der Waals surface area contributed by atoms with Gasteiger partial charge in [-0.3, -0.25) is 4.57 Å². The SMILES string of the molecule is CNc1ncnc2c1ncn2-c1ccc(NC(=O)Nc2ccc(Cl)c(C(F)(F)F)c2)cc1.Cl. The topological polar surface area (TPSA) is 96.8 Å². The molecule has 2 aromatic heterocycles. The van der Waals surface area contributed by atoms with Gasteiger partial charge in [0.1, 0.15) is 12.7 Å². The minimum Gasteiger partial charge on any atom is -0.371 e. The number of urea groups is 1. The highest BCUT2D eigenvalue weighted by molar-refractivity contribution is 6.31. The van der Waals surface area contributed by atoms with Crippen molar-refractivity contribution in [3.05, 3.63) is 65.7 Å². The number of benzene rings is 2. The number of nitrogens with one attached hydrogen (secondary N) is 3. The van der Waals surface area contributed by atoms with Crippen LogP contribution in [0.2, 0.25) is 5.02 Å². The molecule has 2 aromatic carbocycles. The van der Waals surface area contributed by atoms with E-state index in [0.717, 1.165) is 17.8 Å². The number of hydrogen-bond acceptors (Lipinski definition) is 5. The number of rotatable bonds is 4. The second kappa shape index (κ2) is 9.51. The van der Waals surface area contributed by atoms with Gasteiger partial charge in [0.2, 0.25) is 0 Å². The summed E-state index contributed by atoms with van der Waals surface area (Å²) in [6.45, 7) is 0. The highest BCUT2D eigenvalue weighted by Crippen LogP contribution is 2.36. The molecule has 0 radical (unpaired) electrons. The summed E-state index contributed by atoms with van der Waals surface area (Å²) in [4.78, 5) is 24.9. The Morgan fingerprint density at radius 3 is 2.33 bits per heavy atom. The second-order valence-electron chi connectivity index (χ2n) is 6.58. The lowest BCUT2D eigenvalue weighted by Gasteiger charge is -2.12. The molecule has 0 aliphatic heterocycles. The van der Waals surface area contributed by atoms with Crippen LogP contribution in [0.15, 0.2) is 55.1 Å². The quantitative estimate of drug-likeness (QED) is 0.341. The molecule has 3 N–H and O–H groups in total. The Morgan fingerprint density at radius 1 is 1.00 bits per heavy atom. The van der Waals surface area contributed by atoms with Gasteiger partial charge in [0.25, 0.3) is 0 Å². The van der Waals surface area contributed by atoms with E-state index < -0.39 is 22.8 Å². The van der Waals surface area contributed by atoms with E-state index in [0.29, 0.717) is 22.7 Å². The third-order valence-corrected chi connectivity index (χ3v) is 4.83. The number of nitrogens with zero attached hydrogens (tertiary/aromatic N) is 4. The molecule has 0 bridgehead atoms. The van der Waals surface area contributed by atoms with Gasteiger partial charge in [-0.05, 0) is 42.5 Å². The van der Waals surface area contributed by atoms with Gasteiger partial charge >= 0.3 is 12.2 Å². The maximum atomic E-state index is 13.0. The monoisotopic (exact) mass is 497 g/mol. The van der Waals surface area contributed by atoms with E-state index >= 15 is 0 Å². The van der Waals surface area contributed by atoms with Crippen molar-refractivity contribution in [2.45, 2.75) is 6.18 Å². The number of halogens is 5. The molecule has 0 aliphatic rings. The molecule has 0 fully saturated rings. The summed E-state index contributed by atoms with van der Waals surface area (Å²) in [6, 6.07) is 9.19. The molecule has 2 amide bonds. The maximum Gasteiger partial charge on any atom is 0.417 e. The molecule has 172 valence electrons. The smallest absolute Gasteiger partial charge is 0.371 e. The molecule has 0 saturated carbocycles. The van der Waals surface area contributed by atoms with E-state index in [-0.39, 0.29) is 18.1 Å². The number of carbonyl (C=O) groups excluding carboxylic acids is 1. The molecule has 0 unspecified atom stereocenters. The van der Waals surface area contributed by atoms with Crippen LogP contribution in [0.5, 0.6) is 0 Å². The predicted molar refractivity (Wildman–Crippen MR) is 123 cm³/mol. The second-order valence-corrected chi connectivity index (χ2v) is 6.98. The fraction of sp³-hybridized carbons (Fsp3) is 0.100. The van der Waals surface area contributed by atoms with E-state index in [9.17, 15) is 18.0 Å². The number of amides is 2. The third-order valence-electron chi connectivity index (χ3n) is 4.50. The largest absolute Gasteiger partial charge is 0.417 e. The predicted octanol–water partition coefficient (Wildman–Crippen LogP) is 5.60. The molecule has 2 heterocycles. The number of imidazole rings is 1. The highest BCUT2D eigenvalue weighted by atomic mass is 35.5. The van der Waals surface area contributed by atoms with Gasteiger partial charge in [-0.2, -0.15) is 13.2 Å². The first-order valence-electron chi connectivity index (χ1n) is 9.17. The number of fused-ring (bicyclic) bond motifs is 1. The average Bonchev–Trinajstić information content (AvgIpc) is 3.19. The van der Waals surface area contributed by atoms with E-state index in [1.54, 1.807) is 42.2 Å². The van der Waals surface area contributed by atoms with E-state index in [1.807, 2.05) is 0 Å². The van der Waals surface area contributed by atoms with Crippen molar-refractivity contribution in [2.24, 2.45) is 0 Å². The maximum absolute atomic E-state index is 13.0. The molecule has 0 spiro atoms. The lowest BCUT2D eigenvalue weighted by atomic mass is 10.2. The van der Waals surface area contributed by atoms with E-state index in [2.05, 4.69) is 30.9 Å². The van der Waals surface area contributed by atoms with Crippen molar-refractivity contribution in [3.8, 4) is 5.69 Å². The first-order chi connectivity index (χ1) is 15.3. The Morgan fingerprint density at radius 2 is 1.67 bits per heavy atom. The zero-order chi connectivity index (χ0) is 22.9. The molecular formula is C20H16Cl2F3N7O. The van der Waals surface area contributed by atoms with Crippen molar-refractivity contribution in [1.29, 1.82) is 0 Å². The molecule has 8 nitrogen and oxygen atoms in total. The summed E-state index contributed by atoms with van der Waals surface area (Å²) in [5, 5.41) is 7.43. The highest BCUT2D eigenvalue weighted by Gasteiger charge is 2.33. The lowest BCUT2D eigenvalue weighted by Crippen LogP contribution is -2.20. The molecule has 4 rings (SSSR count). The Kier molecular flexibility index (Phi) is 6.94. The molecule has 33 heavy (non-hydrogen) atoms. The van der Waals surface area contributed by atoms with Gasteiger partial charge in [-0.25, -0.2) is 19.7 Å². The summed E-state index contributed by atoms with van der Waals surface area (Å²) in [5.74, 6) is 0.597. The lowest BCUT2D eigenvalue weighted by molar-refractivity contribution is -0.137. The minimum atomic E-state index is -4.63. The van der Waals surface area contributed by atoms with Crippen molar-refractivity contribution in [1.82, 2.24) is 19.5 Å². The summed E-state index contributed by atoms with van der Waals surface area (Å²) in [7, 11) is 1.74. The Labute approximate surface area is 196 Å². The van der Waals surface area contributed by atoms with Crippen LogP contribution < -0.4 is 16.0 Å². The van der Waals surface area contributed by atoms with Crippen molar-refractivity contribution >= 4 is 58.4 Å². The van der Waals surface area contributed by atoms with E-state index in [1.165, 1.54) is 12.4 Å². The average molecular weight is 498 g/mol. The molecule has 4 aromatic rings. The number of alkyl halides is 3. The normalized spacial score (nSPS) is 11.1. The standard InChI is InChI=1S/C20H15ClF3N7O.ClH/c1-25-17-16-18(27-9-26-17)31(10-28-16)13-5-2-11(3-6-13)29-19(32)30-12-4-7-15(21)14(8-12)20(22,23)24;/h2-10H,1H3,(H,25,26,27)(H2,29,30,32);1H. The minimum absolute atomic E-state index is 0. The van der Waals surface area contributed by atoms with Gasteiger partial charge < -0.3 is 16.0 Å². The van der Waals surface area contributed by atoms with Gasteiger partial charge in [0, 0.05) is 24.1 Å². The van der Waals surface area contributed by atoms with Gasteiger partial charge in [0.15, 0.2) is 17.0 Å². The van der Waals surface area contributed by atoms with Crippen LogP contribution in [0.3, 0.4) is 0 Å². The van der Waals surface area contributed by atoms with Crippen LogP contribution in [0.25, 0.3) is 16.9 Å². The fourth-order valence-corrected chi connectivity index (χ4v) is 3.25. The zero-order valence-corrected chi connectivity index (χ0v) is 18.4. The summed E-state index contributed by atoms with van der Waals surface area (Å²) in [6.07, 6.45) is -1.60. The fourth-order valence-electron chi connectivity index (χ4n) is 3.03. The zero-order valence-electron chi connectivity index (χ0n) is 16.8. The van der Waals surface area contributed by atoms with Crippen molar-refractivity contribution < 1.29 is 18.0 Å². The number of aromatic nitrogens is 4. The van der Waals surface area contributed by atoms with Gasteiger partial charge in [0.05, 0.1) is 10.6 Å². The molecule has 13 heteroatoms. The molecular weight excluding hydrogens is 482 g/mol. The number of carbonyl (C=O) groups is 1. The number of anilines is 3. The van der Waals surface area contributed by atoms with Crippen LogP contribution in [-0.4, -0.2) is 32.6 Å². The summed E-state index contributed by atoms with van der Waals surface area (Å²) in [5.41, 5.74) is 1.32. The van der Waals surface area contributed by atoms with Crippen molar-refractivity contribution in [3.63, 3.8) is 0 Å². The first kappa shape index (κ1) is 24.1.